The van der Waals surface area contributed by atoms with E-state index in [2.05, 4.69) is 5.32 Å². The highest BCUT2D eigenvalue weighted by Gasteiger charge is 2.12. The van der Waals surface area contributed by atoms with Crippen LogP contribution in [0.4, 0.5) is 0 Å². The Balaban J connectivity index is 2.12. The molecule has 3 nitrogen and oxygen atoms in total. The zero-order valence-electron chi connectivity index (χ0n) is 4.31. The molecule has 1 rings (SSSR count). The Hall–Kier alpha value is -0.0551. The van der Waals surface area contributed by atoms with Gasteiger partial charge in [0.25, 0.3) is 0 Å². The summed E-state index contributed by atoms with van der Waals surface area (Å²) in [6.07, 6.45) is 0. The molecule has 1 heterocycles. The van der Waals surface area contributed by atoms with Crippen molar-refractivity contribution >= 4 is 7.12 Å². The zero-order chi connectivity index (χ0) is 5.11. The average molecular weight is 101 g/mol. The first-order valence-electron chi connectivity index (χ1n) is 2.33. The molecule has 0 bridgehead atoms. The fraction of sp³-hybridized carbons (Fsp3) is 1.00. The zero-order valence-corrected chi connectivity index (χ0v) is 4.31. The second-order valence-electron chi connectivity index (χ2n) is 1.44. The second-order valence-corrected chi connectivity index (χ2v) is 1.44. The molecule has 7 heavy (non-hydrogen) atoms. The van der Waals surface area contributed by atoms with E-state index in [-0.39, 0.29) is 7.12 Å². The standard InChI is InChI=1S/C3H8BNO2/c1-4-6-2-5-3-7-4/h5H,2-3H2,1H3. The molecule has 0 aliphatic carbocycles. The number of nitrogens with one attached hydrogen (secondary N) is 1. The Labute approximate surface area is 43.1 Å². The van der Waals surface area contributed by atoms with Crippen LogP contribution in [0.25, 0.3) is 0 Å². The topological polar surface area (TPSA) is 30.5 Å². The van der Waals surface area contributed by atoms with Crippen LogP contribution in [0.5, 0.6) is 0 Å². The minimum Gasteiger partial charge on any atom is -0.398 e. The van der Waals surface area contributed by atoms with E-state index in [0.717, 1.165) is 0 Å². The van der Waals surface area contributed by atoms with Crippen molar-refractivity contribution in [1.29, 1.82) is 0 Å². The number of hydrogen-bond donors (Lipinski definition) is 1. The second kappa shape index (κ2) is 2.30. The predicted molar refractivity (Wildman–Crippen MR) is 26.7 cm³/mol. The van der Waals surface area contributed by atoms with Gasteiger partial charge < -0.3 is 9.31 Å². The van der Waals surface area contributed by atoms with Gasteiger partial charge in [-0.15, -0.1) is 0 Å². The van der Waals surface area contributed by atoms with Crippen molar-refractivity contribution in [3.63, 3.8) is 0 Å². The smallest absolute Gasteiger partial charge is 0.398 e. The highest BCUT2D eigenvalue weighted by molar-refractivity contribution is 6.42. The Kier molecular flexibility index (Phi) is 1.67. The van der Waals surface area contributed by atoms with Crippen molar-refractivity contribution < 1.29 is 9.31 Å². The molecular weight excluding hydrogens is 92.8 g/mol. The van der Waals surface area contributed by atoms with Crippen molar-refractivity contribution in [2.24, 2.45) is 0 Å². The summed E-state index contributed by atoms with van der Waals surface area (Å²) in [6.45, 7) is 3.10. The van der Waals surface area contributed by atoms with Crippen molar-refractivity contribution in [2.45, 2.75) is 6.82 Å². The van der Waals surface area contributed by atoms with Gasteiger partial charge >= 0.3 is 7.12 Å². The van der Waals surface area contributed by atoms with Gasteiger partial charge in [-0.3, -0.25) is 5.32 Å². The van der Waals surface area contributed by atoms with Crippen molar-refractivity contribution in [3.05, 3.63) is 0 Å². The summed E-state index contributed by atoms with van der Waals surface area (Å²) < 4.78 is 9.89. The molecule has 1 saturated heterocycles. The summed E-state index contributed by atoms with van der Waals surface area (Å²) in [5.41, 5.74) is 0. The highest BCUT2D eigenvalue weighted by Crippen LogP contribution is 1.89. The predicted octanol–water partition coefficient (Wildman–Crippen LogP) is -0.344. The molecule has 4 heteroatoms. The molecule has 1 N–H and O–H groups in total. The highest BCUT2D eigenvalue weighted by atomic mass is 16.6. The molecule has 0 spiro atoms. The number of hydrogen-bond acceptors (Lipinski definition) is 3. The molecule has 0 amide bonds. The monoisotopic (exact) mass is 101 g/mol. The first-order chi connectivity index (χ1) is 3.39. The minimum atomic E-state index is -0.0266. The fourth-order valence-corrected chi connectivity index (χ4v) is 0.442. The van der Waals surface area contributed by atoms with Crippen LogP contribution in [0.15, 0.2) is 0 Å². The van der Waals surface area contributed by atoms with Crippen LogP contribution in [0.2, 0.25) is 6.82 Å². The third-order valence-corrected chi connectivity index (χ3v) is 0.840. The van der Waals surface area contributed by atoms with Gasteiger partial charge in [0.1, 0.15) is 0 Å². The third kappa shape index (κ3) is 1.47. The molecule has 1 aliphatic heterocycles. The Morgan fingerprint density at radius 1 is 1.43 bits per heavy atom. The largest absolute Gasteiger partial charge is 0.455 e. The van der Waals surface area contributed by atoms with Gasteiger partial charge in [0.2, 0.25) is 0 Å². The molecular formula is C3H8BNO2. The molecule has 0 aromatic rings. The molecule has 0 atom stereocenters. The van der Waals surface area contributed by atoms with Crippen molar-refractivity contribution in [3.8, 4) is 0 Å². The van der Waals surface area contributed by atoms with Crippen LogP contribution >= 0.6 is 0 Å². The van der Waals surface area contributed by atoms with Crippen LogP contribution in [0, 0.1) is 0 Å². The maximum atomic E-state index is 4.94. The number of rotatable bonds is 0. The Morgan fingerprint density at radius 3 is 2.29 bits per heavy atom. The summed E-state index contributed by atoms with van der Waals surface area (Å²) >= 11 is 0. The van der Waals surface area contributed by atoms with E-state index in [1.165, 1.54) is 0 Å². The van der Waals surface area contributed by atoms with Gasteiger partial charge in [0.15, 0.2) is 0 Å². The lowest BCUT2D eigenvalue weighted by atomic mass is 9.96. The van der Waals surface area contributed by atoms with Gasteiger partial charge in [-0.2, -0.15) is 0 Å². The maximum Gasteiger partial charge on any atom is 0.455 e. The lowest BCUT2D eigenvalue weighted by molar-refractivity contribution is 0.109. The average Bonchev–Trinajstić information content (AvgIpc) is 1.69. The van der Waals surface area contributed by atoms with Crippen LogP contribution in [0.3, 0.4) is 0 Å². The molecule has 0 unspecified atom stereocenters. The van der Waals surface area contributed by atoms with E-state index in [0.29, 0.717) is 13.5 Å². The maximum absolute atomic E-state index is 4.94. The minimum absolute atomic E-state index is 0.0266. The van der Waals surface area contributed by atoms with Gasteiger partial charge in [0, 0.05) is 0 Å². The SMILES string of the molecule is CB1OCNCO1. The molecule has 1 fully saturated rings. The first-order valence-corrected chi connectivity index (χ1v) is 2.33. The van der Waals surface area contributed by atoms with Crippen molar-refractivity contribution in [2.75, 3.05) is 13.5 Å². The van der Waals surface area contributed by atoms with E-state index in [1.807, 2.05) is 6.82 Å². The van der Waals surface area contributed by atoms with Gasteiger partial charge in [-0.05, 0) is 6.82 Å². The van der Waals surface area contributed by atoms with Gasteiger partial charge in [-0.1, -0.05) is 0 Å². The summed E-state index contributed by atoms with van der Waals surface area (Å²) in [6, 6.07) is 0. The molecule has 0 saturated carbocycles. The van der Waals surface area contributed by atoms with E-state index in [4.69, 9.17) is 9.31 Å². The third-order valence-electron chi connectivity index (χ3n) is 0.840. The van der Waals surface area contributed by atoms with Gasteiger partial charge in [-0.25, -0.2) is 0 Å². The van der Waals surface area contributed by atoms with Crippen LogP contribution in [-0.2, 0) is 9.31 Å². The first kappa shape index (κ1) is 5.09. The van der Waals surface area contributed by atoms with E-state index in [9.17, 15) is 0 Å². The lowest BCUT2D eigenvalue weighted by Crippen LogP contribution is -2.37. The molecule has 0 radical (unpaired) electrons. The lowest BCUT2D eigenvalue weighted by Gasteiger charge is -2.16. The molecule has 0 aromatic carbocycles. The molecule has 0 aromatic heterocycles. The van der Waals surface area contributed by atoms with Crippen LogP contribution < -0.4 is 5.32 Å². The summed E-state index contributed by atoms with van der Waals surface area (Å²) in [5.74, 6) is 0. The fourth-order valence-electron chi connectivity index (χ4n) is 0.442. The summed E-state index contributed by atoms with van der Waals surface area (Å²) in [4.78, 5) is 0. The quantitative estimate of drug-likeness (QED) is 0.423. The molecule has 40 valence electrons. The van der Waals surface area contributed by atoms with Gasteiger partial charge in [0.05, 0.1) is 13.5 Å². The molecule has 1 aliphatic rings. The van der Waals surface area contributed by atoms with E-state index < -0.39 is 0 Å². The summed E-state index contributed by atoms with van der Waals surface area (Å²) in [7, 11) is -0.0266. The van der Waals surface area contributed by atoms with E-state index in [1.54, 1.807) is 0 Å². The van der Waals surface area contributed by atoms with E-state index >= 15 is 0 Å². The van der Waals surface area contributed by atoms with Crippen LogP contribution in [-0.4, -0.2) is 20.6 Å². The Bertz CT molecular complexity index is 54.9. The normalized spacial score (nSPS) is 22.7. The summed E-state index contributed by atoms with van der Waals surface area (Å²) in [5, 5.41) is 2.87. The Morgan fingerprint density at radius 2 is 2.00 bits per heavy atom. The van der Waals surface area contributed by atoms with Crippen molar-refractivity contribution in [1.82, 2.24) is 5.32 Å². The van der Waals surface area contributed by atoms with Crippen LogP contribution in [0.1, 0.15) is 0 Å².